The number of benzene rings is 1. The molecule has 2 amide bonds. The van der Waals surface area contributed by atoms with Gasteiger partial charge in [-0.2, -0.15) is 0 Å². The third-order valence-electron chi connectivity index (χ3n) is 7.53. The number of fused-ring (bicyclic) bond motifs is 1. The lowest BCUT2D eigenvalue weighted by Crippen LogP contribution is -2.59. The lowest BCUT2D eigenvalue weighted by molar-refractivity contribution is -0.151. The highest BCUT2D eigenvalue weighted by atomic mass is 16.5. The van der Waals surface area contributed by atoms with Gasteiger partial charge in [-0.25, -0.2) is 0 Å². The normalized spacial score (nSPS) is 30.4. The molecule has 9 nitrogen and oxygen atoms in total. The van der Waals surface area contributed by atoms with E-state index in [1.54, 1.807) is 37.5 Å². The first-order valence-electron chi connectivity index (χ1n) is 11.6. The molecule has 3 fully saturated rings. The van der Waals surface area contributed by atoms with Crippen molar-refractivity contribution < 1.29 is 34.1 Å². The molecular formula is C25H32N2O7. The Kier molecular flexibility index (Phi) is 6.44. The summed E-state index contributed by atoms with van der Waals surface area (Å²) < 4.78 is 11.5. The summed E-state index contributed by atoms with van der Waals surface area (Å²) in [6.45, 7) is 7.34. The first-order valence-corrected chi connectivity index (χ1v) is 11.6. The standard InChI is InChI=1S/C25H32N2O7/c1-5-12-26(15-6-8-16(33-4)9-7-15)23(30)21-25-11-10-18(34-25)19(24(31)32)20(25)22(29)27(21)17(13-28)14(2)3/h5-9,14,17-21,28H,1,10-13H2,2-4H3,(H,31,32)/t17-,18-,19+,20-,21?,25?/m0/s1. The molecule has 184 valence electrons. The van der Waals surface area contributed by atoms with E-state index in [0.29, 0.717) is 24.3 Å². The second-order valence-corrected chi connectivity index (χ2v) is 9.57. The van der Waals surface area contributed by atoms with Gasteiger partial charge in [-0.05, 0) is 43.0 Å². The van der Waals surface area contributed by atoms with E-state index < -0.39 is 47.5 Å². The number of aliphatic hydroxyl groups excluding tert-OH is 1. The molecule has 34 heavy (non-hydrogen) atoms. The van der Waals surface area contributed by atoms with Crippen molar-refractivity contribution in [2.24, 2.45) is 17.8 Å². The molecule has 1 spiro atoms. The lowest BCUT2D eigenvalue weighted by atomic mass is 9.70. The molecule has 0 saturated carbocycles. The Hall–Kier alpha value is -2.91. The molecule has 9 heteroatoms. The van der Waals surface area contributed by atoms with Gasteiger partial charge in [0.2, 0.25) is 5.91 Å². The smallest absolute Gasteiger partial charge is 0.310 e. The Labute approximate surface area is 198 Å². The summed E-state index contributed by atoms with van der Waals surface area (Å²) in [7, 11) is 1.55. The second kappa shape index (κ2) is 9.03. The van der Waals surface area contributed by atoms with Crippen LogP contribution in [-0.2, 0) is 19.1 Å². The minimum Gasteiger partial charge on any atom is -0.497 e. The van der Waals surface area contributed by atoms with E-state index in [9.17, 15) is 24.6 Å². The third-order valence-corrected chi connectivity index (χ3v) is 7.53. The van der Waals surface area contributed by atoms with Crippen molar-refractivity contribution in [1.82, 2.24) is 4.90 Å². The number of rotatable bonds is 9. The van der Waals surface area contributed by atoms with Crippen LogP contribution in [0.4, 0.5) is 5.69 Å². The van der Waals surface area contributed by atoms with Crippen LogP contribution in [0.1, 0.15) is 26.7 Å². The van der Waals surface area contributed by atoms with E-state index in [1.807, 2.05) is 13.8 Å². The van der Waals surface area contributed by atoms with Crippen molar-refractivity contribution in [3.63, 3.8) is 0 Å². The van der Waals surface area contributed by atoms with Gasteiger partial charge < -0.3 is 29.5 Å². The number of aliphatic hydroxyl groups is 1. The summed E-state index contributed by atoms with van der Waals surface area (Å²) in [6, 6.07) is 5.26. The van der Waals surface area contributed by atoms with Gasteiger partial charge in [-0.3, -0.25) is 14.4 Å². The molecule has 0 aliphatic carbocycles. The summed E-state index contributed by atoms with van der Waals surface area (Å²) in [4.78, 5) is 43.1. The van der Waals surface area contributed by atoms with Crippen LogP contribution in [0.5, 0.6) is 5.75 Å². The largest absolute Gasteiger partial charge is 0.497 e. The Morgan fingerprint density at radius 1 is 1.35 bits per heavy atom. The van der Waals surface area contributed by atoms with Gasteiger partial charge in [0.05, 0.1) is 37.7 Å². The van der Waals surface area contributed by atoms with E-state index >= 15 is 0 Å². The lowest BCUT2D eigenvalue weighted by Gasteiger charge is -2.40. The van der Waals surface area contributed by atoms with E-state index in [0.717, 1.165) is 0 Å². The van der Waals surface area contributed by atoms with Gasteiger partial charge in [0, 0.05) is 12.2 Å². The zero-order valence-corrected chi connectivity index (χ0v) is 19.7. The highest BCUT2D eigenvalue weighted by Gasteiger charge is 2.75. The number of aliphatic carboxylic acids is 1. The molecule has 6 atom stereocenters. The number of amides is 2. The molecule has 2 N–H and O–H groups in total. The zero-order valence-electron chi connectivity index (χ0n) is 19.7. The maximum atomic E-state index is 14.2. The van der Waals surface area contributed by atoms with E-state index in [1.165, 1.54) is 9.80 Å². The van der Waals surface area contributed by atoms with Crippen LogP contribution >= 0.6 is 0 Å². The third kappa shape index (κ3) is 3.49. The molecule has 2 unspecified atom stereocenters. The topological polar surface area (TPSA) is 117 Å². The van der Waals surface area contributed by atoms with Gasteiger partial charge in [-0.1, -0.05) is 19.9 Å². The molecule has 3 heterocycles. The van der Waals surface area contributed by atoms with E-state index in [2.05, 4.69) is 6.58 Å². The van der Waals surface area contributed by atoms with Crippen molar-refractivity contribution in [3.05, 3.63) is 36.9 Å². The monoisotopic (exact) mass is 472 g/mol. The number of methoxy groups -OCH3 is 1. The molecule has 1 aromatic carbocycles. The van der Waals surface area contributed by atoms with Crippen molar-refractivity contribution in [1.29, 1.82) is 0 Å². The minimum absolute atomic E-state index is 0.159. The SMILES string of the molecule is C=CCN(C(=O)C1N([C@@H](CO)C(C)C)C(=O)[C@@H]2[C@H](C(=O)O)[C@@H]3CCC12O3)c1ccc(OC)cc1. The quantitative estimate of drug-likeness (QED) is 0.526. The fourth-order valence-corrected chi connectivity index (χ4v) is 5.99. The van der Waals surface area contributed by atoms with Crippen molar-refractivity contribution in [2.75, 3.05) is 25.2 Å². The zero-order chi connectivity index (χ0) is 24.8. The van der Waals surface area contributed by atoms with Crippen molar-refractivity contribution in [2.45, 2.75) is 50.5 Å². The summed E-state index contributed by atoms with van der Waals surface area (Å²) >= 11 is 0. The maximum absolute atomic E-state index is 14.2. The predicted octanol–water partition coefficient (Wildman–Crippen LogP) is 1.69. The van der Waals surface area contributed by atoms with Gasteiger partial charge >= 0.3 is 5.97 Å². The molecule has 0 radical (unpaired) electrons. The number of hydrogen-bond donors (Lipinski definition) is 2. The number of carbonyl (C=O) groups excluding carboxylic acids is 2. The Balaban J connectivity index is 1.82. The van der Waals surface area contributed by atoms with Gasteiger partial charge in [0.1, 0.15) is 17.4 Å². The number of carboxylic acids is 1. The van der Waals surface area contributed by atoms with Crippen molar-refractivity contribution in [3.8, 4) is 5.75 Å². The minimum atomic E-state index is -1.24. The van der Waals surface area contributed by atoms with Crippen LogP contribution < -0.4 is 9.64 Å². The fourth-order valence-electron chi connectivity index (χ4n) is 5.99. The van der Waals surface area contributed by atoms with Crippen LogP contribution in [0.2, 0.25) is 0 Å². The van der Waals surface area contributed by atoms with Crippen LogP contribution in [-0.4, -0.2) is 76.9 Å². The van der Waals surface area contributed by atoms with Crippen molar-refractivity contribution >= 4 is 23.5 Å². The van der Waals surface area contributed by atoms with Crippen LogP contribution in [0.3, 0.4) is 0 Å². The van der Waals surface area contributed by atoms with Gasteiger partial charge in [0.25, 0.3) is 5.91 Å². The molecule has 3 saturated heterocycles. The van der Waals surface area contributed by atoms with Crippen LogP contribution in [0.15, 0.2) is 36.9 Å². The summed E-state index contributed by atoms with van der Waals surface area (Å²) in [5.41, 5.74) is -0.652. The first kappa shape index (κ1) is 24.2. The Bertz CT molecular complexity index is 978. The number of anilines is 1. The molecule has 3 aliphatic rings. The first-order chi connectivity index (χ1) is 16.2. The highest BCUT2D eigenvalue weighted by molar-refractivity contribution is 6.04. The average molecular weight is 473 g/mol. The molecule has 3 aliphatic heterocycles. The maximum Gasteiger partial charge on any atom is 0.310 e. The molecule has 0 aromatic heterocycles. The highest BCUT2D eigenvalue weighted by Crippen LogP contribution is 2.59. The number of ether oxygens (including phenoxy) is 2. The Morgan fingerprint density at radius 2 is 2.03 bits per heavy atom. The second-order valence-electron chi connectivity index (χ2n) is 9.57. The van der Waals surface area contributed by atoms with Crippen LogP contribution in [0, 0.1) is 17.8 Å². The van der Waals surface area contributed by atoms with E-state index in [-0.39, 0.29) is 25.0 Å². The van der Waals surface area contributed by atoms with E-state index in [4.69, 9.17) is 9.47 Å². The number of hydrogen-bond acceptors (Lipinski definition) is 6. The van der Waals surface area contributed by atoms with Gasteiger partial charge in [0.15, 0.2) is 0 Å². The summed E-state index contributed by atoms with van der Waals surface area (Å²) in [5, 5.41) is 20.1. The molecular weight excluding hydrogens is 440 g/mol. The predicted molar refractivity (Wildman–Crippen MR) is 123 cm³/mol. The molecule has 2 bridgehead atoms. The number of likely N-dealkylation sites (tertiary alicyclic amines) is 1. The number of carbonyl (C=O) groups is 3. The Morgan fingerprint density at radius 3 is 2.56 bits per heavy atom. The number of nitrogens with zero attached hydrogens (tertiary/aromatic N) is 2. The summed E-state index contributed by atoms with van der Waals surface area (Å²) in [6.07, 6.45) is 1.86. The molecule has 1 aromatic rings. The van der Waals surface area contributed by atoms with Crippen LogP contribution in [0.25, 0.3) is 0 Å². The average Bonchev–Trinajstić information content (AvgIpc) is 3.45. The number of carboxylic acid groups (broad SMARTS) is 1. The summed E-state index contributed by atoms with van der Waals surface area (Å²) in [5.74, 6) is -3.42. The van der Waals surface area contributed by atoms with Gasteiger partial charge in [-0.15, -0.1) is 6.58 Å². The molecule has 4 rings (SSSR count). The fraction of sp³-hybridized carbons (Fsp3) is 0.560.